The van der Waals surface area contributed by atoms with Crippen molar-refractivity contribution >= 4 is 17.2 Å². The highest BCUT2D eigenvalue weighted by Gasteiger charge is 2.13. The Balaban J connectivity index is 2.38. The summed E-state index contributed by atoms with van der Waals surface area (Å²) in [6.45, 7) is 0.636. The largest absolute Gasteiger partial charge is 0.349 e. The van der Waals surface area contributed by atoms with E-state index in [-0.39, 0.29) is 12.3 Å². The first-order valence-corrected chi connectivity index (χ1v) is 5.87. The molecule has 0 saturated carbocycles. The second kappa shape index (κ2) is 6.26. The Kier molecular flexibility index (Phi) is 4.96. The summed E-state index contributed by atoms with van der Waals surface area (Å²) in [6, 6.07) is 5.64. The highest BCUT2D eigenvalue weighted by molar-refractivity contribution is 7.09. The summed E-state index contributed by atoms with van der Waals surface area (Å²) in [6.07, 6.45) is 0.217. The molecule has 0 bridgehead atoms. The monoisotopic (exact) mass is 237 g/mol. The lowest BCUT2D eigenvalue weighted by Crippen LogP contribution is -2.33. The van der Waals surface area contributed by atoms with Crippen LogP contribution in [0.3, 0.4) is 0 Å². The van der Waals surface area contributed by atoms with Gasteiger partial charge in [-0.2, -0.15) is 5.26 Å². The summed E-state index contributed by atoms with van der Waals surface area (Å²) < 4.78 is 0. The molecule has 0 fully saturated rings. The number of hydrogen-bond acceptors (Lipinski definition) is 4. The number of nitriles is 1. The third-order valence-corrected chi connectivity index (χ3v) is 3.01. The van der Waals surface area contributed by atoms with Crippen LogP contribution in [0.1, 0.15) is 11.3 Å². The van der Waals surface area contributed by atoms with Crippen LogP contribution < -0.4 is 5.32 Å². The third kappa shape index (κ3) is 4.01. The number of nitrogens with zero attached hydrogens (tertiary/aromatic N) is 2. The first-order valence-electron chi connectivity index (χ1n) is 4.99. The van der Waals surface area contributed by atoms with Crippen LogP contribution >= 0.6 is 11.3 Å². The van der Waals surface area contributed by atoms with Crippen LogP contribution in [0.5, 0.6) is 0 Å². The van der Waals surface area contributed by atoms with Gasteiger partial charge in [0.05, 0.1) is 12.5 Å². The molecule has 16 heavy (non-hydrogen) atoms. The van der Waals surface area contributed by atoms with Crippen molar-refractivity contribution < 1.29 is 4.79 Å². The molecule has 5 heteroatoms. The summed E-state index contributed by atoms with van der Waals surface area (Å²) >= 11 is 1.63. The molecule has 1 aromatic rings. The minimum absolute atomic E-state index is 0.0368. The minimum Gasteiger partial charge on any atom is -0.349 e. The van der Waals surface area contributed by atoms with E-state index in [0.29, 0.717) is 6.54 Å². The normalized spacial score (nSPS) is 11.8. The topological polar surface area (TPSA) is 56.1 Å². The number of carbonyl (C=O) groups is 1. The molecule has 0 saturated heterocycles. The lowest BCUT2D eigenvalue weighted by atomic mass is 10.2. The number of hydrogen-bond donors (Lipinski definition) is 1. The van der Waals surface area contributed by atoms with Gasteiger partial charge in [-0.1, -0.05) is 6.07 Å². The Hall–Kier alpha value is -1.38. The van der Waals surface area contributed by atoms with Gasteiger partial charge in [-0.3, -0.25) is 10.1 Å². The standard InChI is InChI=1S/C11H15N3OS/c1-14(2)11(15)6-9(7-12)13-8-10-4-3-5-16-10/h3-5,9,13H,6,8H2,1-2H3. The van der Waals surface area contributed by atoms with Crippen LogP contribution in [0.4, 0.5) is 0 Å². The Bertz CT molecular complexity index is 367. The lowest BCUT2D eigenvalue weighted by Gasteiger charge is -2.14. The van der Waals surface area contributed by atoms with Crippen LogP contribution in [0, 0.1) is 11.3 Å². The minimum atomic E-state index is -0.419. The van der Waals surface area contributed by atoms with Gasteiger partial charge < -0.3 is 4.90 Å². The molecule has 1 rings (SSSR count). The first kappa shape index (κ1) is 12.7. The van der Waals surface area contributed by atoms with Crippen molar-refractivity contribution in [3.8, 4) is 6.07 Å². The molecule has 1 atom stereocenters. The number of amides is 1. The van der Waals surface area contributed by atoms with Crippen LogP contribution in [-0.4, -0.2) is 30.9 Å². The van der Waals surface area contributed by atoms with Crippen molar-refractivity contribution in [1.82, 2.24) is 10.2 Å². The summed E-state index contributed by atoms with van der Waals surface area (Å²) in [5.41, 5.74) is 0. The Labute approximate surface area is 99.5 Å². The zero-order valence-electron chi connectivity index (χ0n) is 9.43. The van der Waals surface area contributed by atoms with Gasteiger partial charge in [-0.15, -0.1) is 11.3 Å². The maximum Gasteiger partial charge on any atom is 0.224 e. The van der Waals surface area contributed by atoms with Gasteiger partial charge in [-0.05, 0) is 11.4 Å². The van der Waals surface area contributed by atoms with E-state index < -0.39 is 6.04 Å². The van der Waals surface area contributed by atoms with Gasteiger partial charge in [0.2, 0.25) is 5.91 Å². The zero-order valence-corrected chi connectivity index (χ0v) is 10.3. The molecule has 0 radical (unpaired) electrons. The predicted molar refractivity (Wildman–Crippen MR) is 63.9 cm³/mol. The number of thiophene rings is 1. The van der Waals surface area contributed by atoms with E-state index in [0.717, 1.165) is 4.88 Å². The van der Waals surface area contributed by atoms with Gasteiger partial charge in [-0.25, -0.2) is 0 Å². The molecular formula is C11H15N3OS. The van der Waals surface area contributed by atoms with E-state index in [2.05, 4.69) is 11.4 Å². The first-order chi connectivity index (χ1) is 7.63. The number of nitrogens with one attached hydrogen (secondary N) is 1. The van der Waals surface area contributed by atoms with E-state index in [9.17, 15) is 4.79 Å². The van der Waals surface area contributed by atoms with E-state index in [4.69, 9.17) is 5.26 Å². The van der Waals surface area contributed by atoms with E-state index in [1.165, 1.54) is 4.90 Å². The molecular weight excluding hydrogens is 222 g/mol. The van der Waals surface area contributed by atoms with Gasteiger partial charge >= 0.3 is 0 Å². The SMILES string of the molecule is CN(C)C(=O)CC(C#N)NCc1cccs1. The molecule has 1 unspecified atom stereocenters. The summed E-state index contributed by atoms with van der Waals surface area (Å²) in [5.74, 6) is -0.0368. The van der Waals surface area contributed by atoms with Crippen LogP contribution in [0.15, 0.2) is 17.5 Å². The van der Waals surface area contributed by atoms with Gasteiger partial charge in [0, 0.05) is 25.5 Å². The van der Waals surface area contributed by atoms with Crippen LogP contribution in [0.25, 0.3) is 0 Å². The molecule has 86 valence electrons. The molecule has 0 aliphatic rings. The Morgan fingerprint density at radius 3 is 2.94 bits per heavy atom. The fourth-order valence-corrected chi connectivity index (χ4v) is 1.81. The van der Waals surface area contributed by atoms with Crippen LogP contribution in [-0.2, 0) is 11.3 Å². The van der Waals surface area contributed by atoms with Gasteiger partial charge in [0.15, 0.2) is 0 Å². The van der Waals surface area contributed by atoms with Crippen molar-refractivity contribution in [2.45, 2.75) is 19.0 Å². The van der Waals surface area contributed by atoms with Gasteiger partial charge in [0.25, 0.3) is 0 Å². The second-order valence-electron chi connectivity index (χ2n) is 3.63. The van der Waals surface area contributed by atoms with E-state index in [1.54, 1.807) is 25.4 Å². The fourth-order valence-electron chi connectivity index (χ4n) is 1.16. The molecule has 1 N–H and O–H groups in total. The smallest absolute Gasteiger partial charge is 0.224 e. The van der Waals surface area contributed by atoms with Crippen molar-refractivity contribution in [2.75, 3.05) is 14.1 Å². The number of rotatable bonds is 5. The molecule has 4 nitrogen and oxygen atoms in total. The number of carbonyl (C=O) groups excluding carboxylic acids is 1. The zero-order chi connectivity index (χ0) is 12.0. The van der Waals surface area contributed by atoms with E-state index >= 15 is 0 Å². The molecule has 0 spiro atoms. The summed E-state index contributed by atoms with van der Waals surface area (Å²) in [5, 5.41) is 14.0. The van der Waals surface area contributed by atoms with Crippen molar-refractivity contribution in [1.29, 1.82) is 5.26 Å². The summed E-state index contributed by atoms with van der Waals surface area (Å²) in [7, 11) is 3.38. The molecule has 0 aliphatic carbocycles. The fraction of sp³-hybridized carbons (Fsp3) is 0.455. The average Bonchev–Trinajstić information content (AvgIpc) is 2.76. The summed E-state index contributed by atoms with van der Waals surface area (Å²) in [4.78, 5) is 14.1. The lowest BCUT2D eigenvalue weighted by molar-refractivity contribution is -0.128. The van der Waals surface area contributed by atoms with E-state index in [1.807, 2.05) is 17.5 Å². The molecule has 1 heterocycles. The molecule has 1 amide bonds. The van der Waals surface area contributed by atoms with Crippen molar-refractivity contribution in [2.24, 2.45) is 0 Å². The van der Waals surface area contributed by atoms with Gasteiger partial charge in [0.1, 0.15) is 6.04 Å². The quantitative estimate of drug-likeness (QED) is 0.837. The molecule has 0 aromatic carbocycles. The highest BCUT2D eigenvalue weighted by Crippen LogP contribution is 2.08. The maximum absolute atomic E-state index is 11.4. The maximum atomic E-state index is 11.4. The Morgan fingerprint density at radius 1 is 1.69 bits per heavy atom. The predicted octanol–water partition coefficient (Wildman–Crippen LogP) is 1.21. The average molecular weight is 237 g/mol. The van der Waals surface area contributed by atoms with Crippen molar-refractivity contribution in [3.63, 3.8) is 0 Å². The molecule has 0 aliphatic heterocycles. The Morgan fingerprint density at radius 2 is 2.44 bits per heavy atom. The highest BCUT2D eigenvalue weighted by atomic mass is 32.1. The third-order valence-electron chi connectivity index (χ3n) is 2.14. The van der Waals surface area contributed by atoms with Crippen molar-refractivity contribution in [3.05, 3.63) is 22.4 Å². The molecule has 1 aromatic heterocycles. The second-order valence-corrected chi connectivity index (χ2v) is 4.67. The van der Waals surface area contributed by atoms with Crippen LogP contribution in [0.2, 0.25) is 0 Å².